The zero-order valence-electron chi connectivity index (χ0n) is 10.4. The summed E-state index contributed by atoms with van der Waals surface area (Å²) in [5.74, 6) is 0.569. The van der Waals surface area contributed by atoms with Crippen molar-refractivity contribution in [1.29, 1.82) is 0 Å². The highest BCUT2D eigenvalue weighted by Gasteiger charge is 2.19. The van der Waals surface area contributed by atoms with E-state index in [2.05, 4.69) is 0 Å². The molecule has 0 aliphatic rings. The van der Waals surface area contributed by atoms with Crippen LogP contribution in [0.5, 0.6) is 0 Å². The van der Waals surface area contributed by atoms with E-state index >= 15 is 0 Å². The van der Waals surface area contributed by atoms with Crippen LogP contribution in [-0.4, -0.2) is 67.4 Å². The van der Waals surface area contributed by atoms with Crippen LogP contribution < -0.4 is 5.73 Å². The van der Waals surface area contributed by atoms with E-state index in [-0.39, 0.29) is 18.4 Å². The van der Waals surface area contributed by atoms with Crippen LogP contribution in [0.3, 0.4) is 0 Å². The highest BCUT2D eigenvalue weighted by molar-refractivity contribution is 7.98. The predicted octanol–water partition coefficient (Wildman–Crippen LogP) is -0.387. The molecule has 0 aliphatic heterocycles. The van der Waals surface area contributed by atoms with Crippen molar-refractivity contribution >= 4 is 23.6 Å². The minimum absolute atomic E-state index is 0.0821. The average Bonchev–Trinajstić information content (AvgIpc) is 2.24. The number of rotatable bonds is 6. The first-order valence-corrected chi connectivity index (χ1v) is 6.49. The van der Waals surface area contributed by atoms with Crippen LogP contribution in [0.1, 0.15) is 6.42 Å². The van der Waals surface area contributed by atoms with E-state index in [9.17, 15) is 9.59 Å². The number of nitrogens with zero attached hydrogens (tertiary/aromatic N) is 2. The number of likely N-dealkylation sites (N-methyl/N-ethyl adjacent to an activating group) is 2. The molecule has 0 spiro atoms. The minimum atomic E-state index is -0.507. The summed E-state index contributed by atoms with van der Waals surface area (Å²) in [4.78, 5) is 25.9. The van der Waals surface area contributed by atoms with Crippen molar-refractivity contribution in [3.63, 3.8) is 0 Å². The number of hydrogen-bond acceptors (Lipinski definition) is 4. The lowest BCUT2D eigenvalue weighted by molar-refractivity contribution is -0.138. The van der Waals surface area contributed by atoms with E-state index in [1.54, 1.807) is 32.9 Å². The van der Waals surface area contributed by atoms with Gasteiger partial charge in [-0.2, -0.15) is 11.8 Å². The van der Waals surface area contributed by atoms with E-state index in [1.807, 2.05) is 6.26 Å². The average molecular weight is 247 g/mol. The van der Waals surface area contributed by atoms with Crippen LogP contribution >= 0.6 is 11.8 Å². The van der Waals surface area contributed by atoms with Crippen molar-refractivity contribution in [2.75, 3.05) is 39.7 Å². The molecule has 2 N–H and O–H groups in total. The molecule has 6 heteroatoms. The highest BCUT2D eigenvalue weighted by atomic mass is 32.2. The molecule has 16 heavy (non-hydrogen) atoms. The Hall–Kier alpha value is -0.750. The number of thioether (sulfide) groups is 1. The smallest absolute Gasteiger partial charge is 0.241 e. The normalized spacial score (nSPS) is 12.1. The van der Waals surface area contributed by atoms with Gasteiger partial charge in [-0.15, -0.1) is 0 Å². The summed E-state index contributed by atoms with van der Waals surface area (Å²) < 4.78 is 0. The van der Waals surface area contributed by atoms with Crippen molar-refractivity contribution in [3.8, 4) is 0 Å². The van der Waals surface area contributed by atoms with Gasteiger partial charge in [0.25, 0.3) is 0 Å². The van der Waals surface area contributed by atoms with Gasteiger partial charge in [-0.3, -0.25) is 9.59 Å². The van der Waals surface area contributed by atoms with Crippen molar-refractivity contribution in [1.82, 2.24) is 9.80 Å². The third-order valence-electron chi connectivity index (χ3n) is 2.20. The molecule has 0 fully saturated rings. The molecule has 1 atom stereocenters. The van der Waals surface area contributed by atoms with E-state index in [1.165, 1.54) is 9.80 Å². The van der Waals surface area contributed by atoms with Gasteiger partial charge in [0, 0.05) is 21.1 Å². The molecule has 5 nitrogen and oxygen atoms in total. The molecule has 0 radical (unpaired) electrons. The Morgan fingerprint density at radius 2 is 1.88 bits per heavy atom. The molecular formula is C10H21N3O2S. The summed E-state index contributed by atoms with van der Waals surface area (Å²) in [5.41, 5.74) is 5.73. The minimum Gasteiger partial charge on any atom is -0.347 e. The van der Waals surface area contributed by atoms with Gasteiger partial charge in [0.1, 0.15) is 0 Å². The summed E-state index contributed by atoms with van der Waals surface area (Å²) in [6, 6.07) is -0.507. The molecule has 0 aromatic rings. The monoisotopic (exact) mass is 247 g/mol. The zero-order valence-corrected chi connectivity index (χ0v) is 11.2. The third kappa shape index (κ3) is 5.37. The molecule has 0 rings (SSSR count). The fraction of sp³-hybridized carbons (Fsp3) is 0.800. The Morgan fingerprint density at radius 1 is 1.31 bits per heavy atom. The van der Waals surface area contributed by atoms with Gasteiger partial charge in [-0.25, -0.2) is 0 Å². The molecule has 0 heterocycles. The summed E-state index contributed by atoms with van der Waals surface area (Å²) >= 11 is 1.65. The molecule has 0 bridgehead atoms. The molecule has 0 saturated carbocycles. The first-order valence-electron chi connectivity index (χ1n) is 5.09. The van der Waals surface area contributed by atoms with Gasteiger partial charge in [-0.05, 0) is 18.4 Å². The summed E-state index contributed by atoms with van der Waals surface area (Å²) in [5, 5.41) is 0. The molecule has 0 aromatic heterocycles. The van der Waals surface area contributed by atoms with E-state index in [0.29, 0.717) is 6.42 Å². The Bertz CT molecular complexity index is 246. The van der Waals surface area contributed by atoms with Crippen LogP contribution in [0.15, 0.2) is 0 Å². The van der Waals surface area contributed by atoms with Crippen LogP contribution in [-0.2, 0) is 9.59 Å². The fourth-order valence-corrected chi connectivity index (χ4v) is 1.56. The topological polar surface area (TPSA) is 66.6 Å². The van der Waals surface area contributed by atoms with Crippen LogP contribution in [0.25, 0.3) is 0 Å². The maximum absolute atomic E-state index is 11.7. The summed E-state index contributed by atoms with van der Waals surface area (Å²) in [7, 11) is 4.92. The largest absolute Gasteiger partial charge is 0.347 e. The molecule has 2 amide bonds. The van der Waals surface area contributed by atoms with Gasteiger partial charge >= 0.3 is 0 Å². The summed E-state index contributed by atoms with van der Waals surface area (Å²) in [6.07, 6.45) is 2.61. The molecule has 0 aromatic carbocycles. The van der Waals surface area contributed by atoms with Gasteiger partial charge in [0.2, 0.25) is 11.8 Å². The maximum atomic E-state index is 11.7. The number of carbonyl (C=O) groups is 2. The number of nitrogens with two attached hydrogens (primary N) is 1. The van der Waals surface area contributed by atoms with Gasteiger partial charge in [0.15, 0.2) is 0 Å². The molecular weight excluding hydrogens is 226 g/mol. The molecule has 0 aliphatic carbocycles. The lowest BCUT2D eigenvalue weighted by atomic mass is 10.2. The van der Waals surface area contributed by atoms with E-state index in [4.69, 9.17) is 5.73 Å². The third-order valence-corrected chi connectivity index (χ3v) is 2.84. The van der Waals surface area contributed by atoms with E-state index < -0.39 is 6.04 Å². The summed E-state index contributed by atoms with van der Waals surface area (Å²) in [6.45, 7) is 0.0821. The maximum Gasteiger partial charge on any atom is 0.241 e. The van der Waals surface area contributed by atoms with Crippen molar-refractivity contribution in [3.05, 3.63) is 0 Å². The lowest BCUT2D eigenvalue weighted by Crippen LogP contribution is -2.45. The molecule has 94 valence electrons. The van der Waals surface area contributed by atoms with E-state index in [0.717, 1.165) is 5.75 Å². The van der Waals surface area contributed by atoms with Gasteiger partial charge in [-0.1, -0.05) is 0 Å². The second kappa shape index (κ2) is 7.51. The Morgan fingerprint density at radius 3 is 2.31 bits per heavy atom. The van der Waals surface area contributed by atoms with Crippen molar-refractivity contribution in [2.45, 2.75) is 12.5 Å². The Labute approximate surface area is 101 Å². The predicted molar refractivity (Wildman–Crippen MR) is 67.3 cm³/mol. The lowest BCUT2D eigenvalue weighted by Gasteiger charge is -2.22. The fourth-order valence-electron chi connectivity index (χ4n) is 1.07. The second-order valence-corrected chi connectivity index (χ2v) is 4.86. The quantitative estimate of drug-likeness (QED) is 0.694. The van der Waals surface area contributed by atoms with Crippen LogP contribution in [0.2, 0.25) is 0 Å². The van der Waals surface area contributed by atoms with Crippen molar-refractivity contribution < 1.29 is 9.59 Å². The van der Waals surface area contributed by atoms with Crippen molar-refractivity contribution in [2.24, 2.45) is 5.73 Å². The zero-order chi connectivity index (χ0) is 12.7. The Kier molecular flexibility index (Phi) is 7.16. The van der Waals surface area contributed by atoms with Gasteiger partial charge in [0.05, 0.1) is 12.6 Å². The first-order chi connectivity index (χ1) is 7.40. The number of hydrogen-bond donors (Lipinski definition) is 1. The SMILES string of the molecule is CSCC[C@H](N)C(=O)N(C)CC(=O)N(C)C. The highest BCUT2D eigenvalue weighted by Crippen LogP contribution is 2.01. The molecule has 0 unspecified atom stereocenters. The van der Waals surface area contributed by atoms with Crippen LogP contribution in [0.4, 0.5) is 0 Å². The first kappa shape index (κ1) is 15.2. The standard InChI is InChI=1S/C10H21N3O2S/c1-12(2)9(14)7-13(3)10(15)8(11)5-6-16-4/h8H,5-7,11H2,1-4H3/t8-/m0/s1. The molecule has 0 saturated heterocycles. The number of amides is 2. The second-order valence-electron chi connectivity index (χ2n) is 3.87. The van der Waals surface area contributed by atoms with Crippen LogP contribution in [0, 0.1) is 0 Å². The van der Waals surface area contributed by atoms with Gasteiger partial charge < -0.3 is 15.5 Å². The Balaban J connectivity index is 4.12. The number of carbonyl (C=O) groups excluding carboxylic acids is 2.